The fourth-order valence-electron chi connectivity index (χ4n) is 3.06. The van der Waals surface area contributed by atoms with E-state index in [1.54, 1.807) is 10.9 Å². The van der Waals surface area contributed by atoms with Crippen LogP contribution in [0.15, 0.2) is 71.8 Å². The maximum atomic E-state index is 6.14. The molecule has 0 radical (unpaired) electrons. The number of benzene rings is 3. The SMILES string of the molecule is CCc1n[nH]c(=S)n1/N=C/c1c(OCc2ccccc2)ccc2ccccc12. The average molecular weight is 388 g/mol. The molecule has 0 spiro atoms. The van der Waals surface area contributed by atoms with Crippen LogP contribution in [0, 0.1) is 4.77 Å². The van der Waals surface area contributed by atoms with Crippen molar-refractivity contribution in [3.05, 3.63) is 88.5 Å². The van der Waals surface area contributed by atoms with Crippen LogP contribution in [-0.2, 0) is 13.0 Å². The third-order valence-corrected chi connectivity index (χ3v) is 4.77. The van der Waals surface area contributed by atoms with Gasteiger partial charge in [0, 0.05) is 12.0 Å². The lowest BCUT2D eigenvalue weighted by atomic mass is 10.0. The number of hydrogen-bond donors (Lipinski definition) is 1. The van der Waals surface area contributed by atoms with Gasteiger partial charge in [0.25, 0.3) is 0 Å². The maximum Gasteiger partial charge on any atom is 0.216 e. The van der Waals surface area contributed by atoms with Gasteiger partial charge in [0.05, 0.1) is 6.21 Å². The van der Waals surface area contributed by atoms with Crippen LogP contribution in [0.25, 0.3) is 10.8 Å². The number of aromatic amines is 1. The Bertz CT molecular complexity index is 1180. The highest BCUT2D eigenvalue weighted by molar-refractivity contribution is 7.71. The number of rotatable bonds is 6. The van der Waals surface area contributed by atoms with E-state index in [4.69, 9.17) is 17.0 Å². The average Bonchev–Trinajstić information content (AvgIpc) is 3.11. The van der Waals surface area contributed by atoms with Crippen LogP contribution < -0.4 is 4.74 Å². The molecule has 0 fully saturated rings. The van der Waals surface area contributed by atoms with Crippen molar-refractivity contribution in [1.82, 2.24) is 14.9 Å². The van der Waals surface area contributed by atoms with Gasteiger partial charge in [-0.05, 0) is 34.6 Å². The summed E-state index contributed by atoms with van der Waals surface area (Å²) in [4.78, 5) is 0. The zero-order valence-electron chi connectivity index (χ0n) is 15.5. The third kappa shape index (κ3) is 3.73. The number of H-pyrrole nitrogens is 1. The standard InChI is InChI=1S/C22H20N4OS/c1-2-21-24-25-22(28)26(21)23-14-19-18-11-7-6-10-17(18)12-13-20(19)27-15-16-8-4-3-5-9-16/h3-14H,2,15H2,1H3,(H,25,28)/b23-14+. The fourth-order valence-corrected chi connectivity index (χ4v) is 3.26. The summed E-state index contributed by atoms with van der Waals surface area (Å²) in [5.41, 5.74) is 2.03. The lowest BCUT2D eigenvalue weighted by Gasteiger charge is -2.12. The molecule has 0 atom stereocenters. The van der Waals surface area contributed by atoms with E-state index >= 15 is 0 Å². The molecule has 0 saturated carbocycles. The Labute approximate surface area is 168 Å². The Morgan fingerprint density at radius 2 is 1.86 bits per heavy atom. The summed E-state index contributed by atoms with van der Waals surface area (Å²) >= 11 is 5.30. The molecule has 140 valence electrons. The smallest absolute Gasteiger partial charge is 0.216 e. The first kappa shape index (κ1) is 18.1. The summed E-state index contributed by atoms with van der Waals surface area (Å²) < 4.78 is 8.26. The fraction of sp³-hybridized carbons (Fsp3) is 0.136. The first-order valence-corrected chi connectivity index (χ1v) is 9.56. The van der Waals surface area contributed by atoms with Gasteiger partial charge in [0.15, 0.2) is 5.82 Å². The Morgan fingerprint density at radius 3 is 2.68 bits per heavy atom. The monoisotopic (exact) mass is 388 g/mol. The quantitative estimate of drug-likeness (QED) is 0.368. The topological polar surface area (TPSA) is 55.2 Å². The van der Waals surface area contributed by atoms with E-state index in [0.29, 0.717) is 11.4 Å². The highest BCUT2D eigenvalue weighted by Crippen LogP contribution is 2.27. The first-order chi connectivity index (χ1) is 13.8. The summed E-state index contributed by atoms with van der Waals surface area (Å²) in [6.07, 6.45) is 2.53. The van der Waals surface area contributed by atoms with Crippen LogP contribution in [0.3, 0.4) is 0 Å². The molecule has 0 aliphatic carbocycles. The molecule has 0 aliphatic heterocycles. The first-order valence-electron chi connectivity index (χ1n) is 9.15. The second-order valence-corrected chi connectivity index (χ2v) is 6.71. The van der Waals surface area contributed by atoms with Gasteiger partial charge in [0.2, 0.25) is 4.77 Å². The van der Waals surface area contributed by atoms with E-state index < -0.39 is 0 Å². The summed E-state index contributed by atoms with van der Waals surface area (Å²) in [6.45, 7) is 2.51. The van der Waals surface area contributed by atoms with Crippen LogP contribution in [0.1, 0.15) is 23.9 Å². The van der Waals surface area contributed by atoms with Crippen LogP contribution in [-0.4, -0.2) is 21.1 Å². The Kier molecular flexibility index (Phi) is 5.30. The van der Waals surface area contributed by atoms with E-state index in [2.05, 4.69) is 33.5 Å². The minimum Gasteiger partial charge on any atom is -0.488 e. The molecule has 1 aromatic heterocycles. The molecule has 6 heteroatoms. The van der Waals surface area contributed by atoms with Crippen LogP contribution >= 0.6 is 12.2 Å². The van der Waals surface area contributed by atoms with Gasteiger partial charge in [-0.1, -0.05) is 67.6 Å². The van der Waals surface area contributed by atoms with Crippen LogP contribution in [0.2, 0.25) is 0 Å². The minimum atomic E-state index is 0.472. The largest absolute Gasteiger partial charge is 0.488 e. The van der Waals surface area contributed by atoms with Crippen LogP contribution in [0.5, 0.6) is 5.75 Å². The summed E-state index contributed by atoms with van der Waals surface area (Å²) in [5.74, 6) is 1.56. The number of nitrogens with zero attached hydrogens (tertiary/aromatic N) is 3. The normalized spacial score (nSPS) is 11.3. The van der Waals surface area contributed by atoms with Gasteiger partial charge < -0.3 is 4.74 Å². The third-order valence-electron chi connectivity index (χ3n) is 4.50. The van der Waals surface area contributed by atoms with E-state index in [0.717, 1.165) is 39.9 Å². The van der Waals surface area contributed by atoms with Gasteiger partial charge in [-0.2, -0.15) is 14.9 Å². The van der Waals surface area contributed by atoms with Crippen molar-refractivity contribution in [2.24, 2.45) is 5.10 Å². The Balaban J connectivity index is 1.74. The van der Waals surface area contributed by atoms with Crippen molar-refractivity contribution < 1.29 is 4.74 Å². The second kappa shape index (κ2) is 8.19. The number of hydrogen-bond acceptors (Lipinski definition) is 4. The van der Waals surface area contributed by atoms with Crippen molar-refractivity contribution in [3.63, 3.8) is 0 Å². The van der Waals surface area contributed by atoms with E-state index in [1.165, 1.54) is 0 Å². The van der Waals surface area contributed by atoms with Crippen molar-refractivity contribution in [2.45, 2.75) is 20.0 Å². The zero-order valence-corrected chi connectivity index (χ0v) is 16.3. The molecule has 0 aliphatic rings. The molecule has 0 saturated heterocycles. The summed E-state index contributed by atoms with van der Waals surface area (Å²) in [7, 11) is 0. The van der Waals surface area contributed by atoms with Gasteiger partial charge in [-0.25, -0.2) is 0 Å². The minimum absolute atomic E-state index is 0.472. The Morgan fingerprint density at radius 1 is 1.07 bits per heavy atom. The molecule has 0 amide bonds. The lowest BCUT2D eigenvalue weighted by Crippen LogP contribution is -2.01. The highest BCUT2D eigenvalue weighted by atomic mass is 32.1. The second-order valence-electron chi connectivity index (χ2n) is 6.33. The zero-order chi connectivity index (χ0) is 19.3. The number of nitrogens with one attached hydrogen (secondary N) is 1. The van der Waals surface area contributed by atoms with Crippen molar-refractivity contribution in [2.75, 3.05) is 0 Å². The summed E-state index contributed by atoms with van der Waals surface area (Å²) in [5, 5.41) is 13.8. The van der Waals surface area contributed by atoms with E-state index in [-0.39, 0.29) is 0 Å². The van der Waals surface area contributed by atoms with Crippen molar-refractivity contribution >= 4 is 29.2 Å². The molecular formula is C22H20N4OS. The highest BCUT2D eigenvalue weighted by Gasteiger charge is 2.09. The number of fused-ring (bicyclic) bond motifs is 1. The Hall–Kier alpha value is -3.25. The lowest BCUT2D eigenvalue weighted by molar-refractivity contribution is 0.306. The van der Waals surface area contributed by atoms with E-state index in [9.17, 15) is 0 Å². The molecule has 1 heterocycles. The predicted molar refractivity (Wildman–Crippen MR) is 115 cm³/mol. The predicted octanol–water partition coefficient (Wildman–Crippen LogP) is 5.12. The van der Waals surface area contributed by atoms with Crippen LogP contribution in [0.4, 0.5) is 0 Å². The molecule has 0 unspecified atom stereocenters. The molecule has 3 aromatic carbocycles. The van der Waals surface area contributed by atoms with Gasteiger partial charge in [0.1, 0.15) is 12.4 Å². The molecule has 28 heavy (non-hydrogen) atoms. The van der Waals surface area contributed by atoms with Gasteiger partial charge in [-0.15, -0.1) is 0 Å². The van der Waals surface area contributed by atoms with Gasteiger partial charge >= 0.3 is 0 Å². The molecular weight excluding hydrogens is 368 g/mol. The van der Waals surface area contributed by atoms with Crippen molar-refractivity contribution in [3.8, 4) is 5.75 Å². The molecule has 4 aromatic rings. The number of ether oxygens (including phenoxy) is 1. The van der Waals surface area contributed by atoms with E-state index in [1.807, 2.05) is 55.5 Å². The molecule has 0 bridgehead atoms. The molecule has 4 rings (SSSR count). The number of aromatic nitrogens is 3. The number of aryl methyl sites for hydroxylation is 1. The molecule has 5 nitrogen and oxygen atoms in total. The van der Waals surface area contributed by atoms with Crippen molar-refractivity contribution in [1.29, 1.82) is 0 Å². The maximum absolute atomic E-state index is 6.14. The summed E-state index contributed by atoms with van der Waals surface area (Å²) in [6, 6.07) is 22.4. The van der Waals surface area contributed by atoms with Gasteiger partial charge in [-0.3, -0.25) is 5.10 Å². The molecule has 1 N–H and O–H groups in total.